The molecule has 36 heavy (non-hydrogen) atoms. The predicted octanol–water partition coefficient (Wildman–Crippen LogP) is 8.16. The van der Waals surface area contributed by atoms with Crippen LogP contribution in [0.25, 0.3) is 0 Å². The van der Waals surface area contributed by atoms with E-state index < -0.39 is 14.4 Å². The summed E-state index contributed by atoms with van der Waals surface area (Å²) in [4.78, 5) is 11.3. The van der Waals surface area contributed by atoms with Crippen molar-refractivity contribution in [1.29, 1.82) is 0 Å². The fourth-order valence-corrected chi connectivity index (χ4v) is 6.50. The smallest absolute Gasteiger partial charge is 0.305 e. The van der Waals surface area contributed by atoms with Gasteiger partial charge in [0.25, 0.3) is 0 Å². The van der Waals surface area contributed by atoms with Gasteiger partial charge in [-0.05, 0) is 66.3 Å². The van der Waals surface area contributed by atoms with E-state index in [1.807, 2.05) is 0 Å². The van der Waals surface area contributed by atoms with Crippen molar-refractivity contribution in [2.24, 2.45) is 11.3 Å². The minimum Gasteiger partial charge on any atom is -0.469 e. The lowest BCUT2D eigenvalue weighted by Crippen LogP contribution is -2.44. The molecular formula is C30H49ClO4Si. The maximum atomic E-state index is 11.3. The second-order valence-corrected chi connectivity index (χ2v) is 18.3. The van der Waals surface area contributed by atoms with E-state index in [4.69, 9.17) is 20.8 Å². The van der Waals surface area contributed by atoms with Gasteiger partial charge in [0.1, 0.15) is 0 Å². The second kappa shape index (κ2) is 12.6. The van der Waals surface area contributed by atoms with Crippen molar-refractivity contribution in [3.63, 3.8) is 0 Å². The number of hydrogen-bond donors (Lipinski definition) is 1. The number of methoxy groups -OCH3 is 1. The van der Waals surface area contributed by atoms with Crippen LogP contribution >= 0.6 is 11.6 Å². The van der Waals surface area contributed by atoms with Crippen molar-refractivity contribution in [1.82, 2.24) is 0 Å². The minimum atomic E-state index is -1.98. The number of halogens is 1. The van der Waals surface area contributed by atoms with Gasteiger partial charge in [0.2, 0.25) is 0 Å². The highest BCUT2D eigenvalue weighted by molar-refractivity contribution is 6.74. The SMILES string of the molecule is COC(=O)CCC/C=C\C[C@@H]1[C@@H](c2ccc(C(O)C(C)(C)C)cc2)[C@H](O[Si](C)(C)C(C)(C)C)C[C@H]1Cl. The number of carbonyl (C=O) groups is 1. The monoisotopic (exact) mass is 536 g/mol. The number of benzene rings is 1. The molecule has 1 unspecified atom stereocenters. The van der Waals surface area contributed by atoms with Crippen molar-refractivity contribution < 1.29 is 19.1 Å². The van der Waals surface area contributed by atoms with Gasteiger partial charge in [0.15, 0.2) is 8.32 Å². The molecular weight excluding hydrogens is 488 g/mol. The van der Waals surface area contributed by atoms with Crippen LogP contribution in [0.3, 0.4) is 0 Å². The highest BCUT2D eigenvalue weighted by atomic mass is 35.5. The van der Waals surface area contributed by atoms with Crippen LogP contribution in [0.1, 0.15) is 96.8 Å². The number of aliphatic hydroxyl groups excluding tert-OH is 1. The van der Waals surface area contributed by atoms with Crippen molar-refractivity contribution in [2.75, 3.05) is 7.11 Å². The van der Waals surface area contributed by atoms with Crippen LogP contribution in [0.15, 0.2) is 36.4 Å². The van der Waals surface area contributed by atoms with Crippen LogP contribution in [-0.4, -0.2) is 38.0 Å². The van der Waals surface area contributed by atoms with Gasteiger partial charge in [0, 0.05) is 17.7 Å². The summed E-state index contributed by atoms with van der Waals surface area (Å²) in [5, 5.41) is 10.9. The number of allylic oxidation sites excluding steroid dienone is 2. The maximum Gasteiger partial charge on any atom is 0.305 e. The lowest BCUT2D eigenvalue weighted by Gasteiger charge is -2.40. The third-order valence-corrected chi connectivity index (χ3v) is 13.1. The standard InChI is InChI=1S/C30H49ClO4Si/c1-29(2,3)28(33)22-18-16-21(17-19-22)27-23(14-12-10-11-13-15-26(32)34-7)24(31)20-25(27)35-36(8,9)30(4,5)6/h10,12,16-19,23-25,27-28,33H,11,13-15,20H2,1-9H3/b12-10-/t23-,24+,25+,27+,28?/m0/s1. The summed E-state index contributed by atoms with van der Waals surface area (Å²) < 4.78 is 11.7. The van der Waals surface area contributed by atoms with Crippen LogP contribution < -0.4 is 0 Å². The van der Waals surface area contributed by atoms with E-state index in [1.165, 1.54) is 12.7 Å². The molecule has 6 heteroatoms. The Morgan fingerprint density at radius 1 is 1.14 bits per heavy atom. The third-order valence-electron chi connectivity index (χ3n) is 8.05. The fraction of sp³-hybridized carbons (Fsp3) is 0.700. The lowest BCUT2D eigenvalue weighted by molar-refractivity contribution is -0.140. The molecule has 0 radical (unpaired) electrons. The highest BCUT2D eigenvalue weighted by Gasteiger charge is 2.48. The zero-order chi connectivity index (χ0) is 27.3. The van der Waals surface area contributed by atoms with Crippen molar-refractivity contribution in [3.8, 4) is 0 Å². The van der Waals surface area contributed by atoms with E-state index in [9.17, 15) is 9.90 Å². The zero-order valence-corrected chi connectivity index (χ0v) is 25.7. The van der Waals surface area contributed by atoms with Gasteiger partial charge in [-0.15, -0.1) is 11.6 Å². The van der Waals surface area contributed by atoms with Gasteiger partial charge in [0.05, 0.1) is 19.3 Å². The molecule has 0 aliphatic heterocycles. The summed E-state index contributed by atoms with van der Waals surface area (Å²) in [6, 6.07) is 8.46. The number of carbonyl (C=O) groups excluding carboxylic acids is 1. The molecule has 5 atom stereocenters. The van der Waals surface area contributed by atoms with E-state index in [1.54, 1.807) is 0 Å². The third kappa shape index (κ3) is 8.18. The zero-order valence-electron chi connectivity index (χ0n) is 23.9. The Labute approximate surface area is 225 Å². The summed E-state index contributed by atoms with van der Waals surface area (Å²) in [6.45, 7) is 17.6. The van der Waals surface area contributed by atoms with E-state index >= 15 is 0 Å². The van der Waals surface area contributed by atoms with E-state index in [0.717, 1.165) is 31.2 Å². The predicted molar refractivity (Wildman–Crippen MR) is 153 cm³/mol. The van der Waals surface area contributed by atoms with E-state index in [-0.39, 0.29) is 39.7 Å². The van der Waals surface area contributed by atoms with Crippen molar-refractivity contribution >= 4 is 25.9 Å². The Morgan fingerprint density at radius 3 is 2.28 bits per heavy atom. The molecule has 0 saturated heterocycles. The Morgan fingerprint density at radius 2 is 1.75 bits per heavy atom. The summed E-state index contributed by atoms with van der Waals surface area (Å²) in [5.74, 6) is 0.296. The molecule has 1 aliphatic carbocycles. The van der Waals surface area contributed by atoms with Gasteiger partial charge in [-0.3, -0.25) is 4.79 Å². The van der Waals surface area contributed by atoms with Crippen LogP contribution in [-0.2, 0) is 14.0 Å². The molecule has 0 bridgehead atoms. The molecule has 0 heterocycles. The van der Waals surface area contributed by atoms with E-state index in [2.05, 4.69) is 91.1 Å². The molecule has 1 saturated carbocycles. The van der Waals surface area contributed by atoms with Gasteiger partial charge in [-0.1, -0.05) is 78.0 Å². The highest BCUT2D eigenvalue weighted by Crippen LogP contribution is 2.49. The summed E-state index contributed by atoms with van der Waals surface area (Å²) in [5.41, 5.74) is 1.96. The van der Waals surface area contributed by atoms with E-state index in [0.29, 0.717) is 6.42 Å². The molecule has 0 amide bonds. The van der Waals surface area contributed by atoms with Gasteiger partial charge >= 0.3 is 5.97 Å². The first-order valence-corrected chi connectivity index (χ1v) is 16.7. The quantitative estimate of drug-likeness (QED) is 0.108. The first-order valence-electron chi connectivity index (χ1n) is 13.4. The molecule has 1 aromatic rings. The molecule has 2 rings (SSSR count). The van der Waals surface area contributed by atoms with Gasteiger partial charge < -0.3 is 14.3 Å². The van der Waals surface area contributed by atoms with Crippen LogP contribution in [0.4, 0.5) is 0 Å². The lowest BCUT2D eigenvalue weighted by atomic mass is 9.82. The average Bonchev–Trinajstić information content (AvgIpc) is 3.07. The number of ether oxygens (including phenoxy) is 1. The largest absolute Gasteiger partial charge is 0.469 e. The topological polar surface area (TPSA) is 55.8 Å². The Hall–Kier alpha value is -1.14. The van der Waals surface area contributed by atoms with Gasteiger partial charge in [-0.25, -0.2) is 0 Å². The number of unbranched alkanes of at least 4 members (excludes halogenated alkanes) is 1. The number of rotatable bonds is 10. The Kier molecular flexibility index (Phi) is 10.9. The summed E-state index contributed by atoms with van der Waals surface area (Å²) in [7, 11) is -0.553. The van der Waals surface area contributed by atoms with Crippen LogP contribution in [0.2, 0.25) is 18.1 Å². The first kappa shape index (κ1) is 31.1. The fourth-order valence-electron chi connectivity index (χ4n) is 4.71. The number of esters is 1. The Balaban J connectivity index is 2.27. The van der Waals surface area contributed by atoms with Crippen LogP contribution in [0, 0.1) is 11.3 Å². The molecule has 1 N–H and O–H groups in total. The van der Waals surface area contributed by atoms with Crippen LogP contribution in [0.5, 0.6) is 0 Å². The molecule has 204 valence electrons. The number of aliphatic hydroxyl groups is 1. The van der Waals surface area contributed by atoms with Crippen molar-refractivity contribution in [2.45, 2.75) is 115 Å². The minimum absolute atomic E-state index is 0.0318. The molecule has 0 spiro atoms. The average molecular weight is 537 g/mol. The first-order chi connectivity index (χ1) is 16.6. The molecule has 4 nitrogen and oxygen atoms in total. The summed E-state index contributed by atoms with van der Waals surface area (Å²) in [6.07, 6.45) is 7.74. The second-order valence-electron chi connectivity index (χ2n) is 13.0. The molecule has 0 aromatic heterocycles. The Bertz CT molecular complexity index is 866. The van der Waals surface area contributed by atoms with Crippen molar-refractivity contribution in [3.05, 3.63) is 47.5 Å². The molecule has 1 aliphatic rings. The molecule has 1 fully saturated rings. The number of alkyl halides is 1. The number of hydrogen-bond acceptors (Lipinski definition) is 4. The maximum absolute atomic E-state index is 11.3. The molecule has 1 aromatic carbocycles. The summed E-state index contributed by atoms with van der Waals surface area (Å²) >= 11 is 7.00. The normalized spacial score (nSPS) is 24.3. The van der Waals surface area contributed by atoms with Gasteiger partial charge in [-0.2, -0.15) is 0 Å².